The lowest BCUT2D eigenvalue weighted by atomic mass is 10.0. The van der Waals surface area contributed by atoms with Crippen LogP contribution in [0.25, 0.3) is 0 Å². The zero-order chi connectivity index (χ0) is 15.8. The number of nitrogens with zero attached hydrogens (tertiary/aromatic N) is 2. The van der Waals surface area contributed by atoms with Gasteiger partial charge in [0.25, 0.3) is 0 Å². The van der Waals surface area contributed by atoms with Gasteiger partial charge in [0.05, 0.1) is 13.1 Å². The molecule has 0 aromatic heterocycles. The molecule has 1 fully saturated rings. The molecule has 0 radical (unpaired) electrons. The number of hydrogen-bond donors (Lipinski definition) is 1. The Morgan fingerprint density at radius 1 is 1.24 bits per heavy atom. The van der Waals surface area contributed by atoms with Crippen LogP contribution in [0.1, 0.15) is 13.8 Å². The van der Waals surface area contributed by atoms with Crippen LogP contribution < -0.4 is 4.90 Å². The van der Waals surface area contributed by atoms with E-state index in [9.17, 15) is 18.8 Å². The molecule has 1 aromatic rings. The number of benzene rings is 1. The molecule has 7 heteroatoms. The number of carboxylic acids is 1. The molecule has 1 aliphatic rings. The molecule has 21 heavy (non-hydrogen) atoms. The highest BCUT2D eigenvalue weighted by atomic mass is 19.1. The number of imide groups is 1. The van der Waals surface area contributed by atoms with Gasteiger partial charge >= 0.3 is 5.97 Å². The second-order valence-electron chi connectivity index (χ2n) is 5.32. The summed E-state index contributed by atoms with van der Waals surface area (Å²) in [6.07, 6.45) is 0. The van der Waals surface area contributed by atoms with Crippen LogP contribution in [0, 0.1) is 5.82 Å². The minimum Gasteiger partial charge on any atom is -0.480 e. The van der Waals surface area contributed by atoms with Gasteiger partial charge in [0.2, 0.25) is 11.8 Å². The van der Waals surface area contributed by atoms with Gasteiger partial charge in [-0.3, -0.25) is 14.5 Å². The van der Waals surface area contributed by atoms with Gasteiger partial charge in [-0.05, 0) is 32.0 Å². The second-order valence-corrected chi connectivity index (χ2v) is 5.32. The zero-order valence-corrected chi connectivity index (χ0v) is 11.7. The minimum absolute atomic E-state index is 0.175. The van der Waals surface area contributed by atoms with Crippen LogP contribution in [0.15, 0.2) is 24.3 Å². The van der Waals surface area contributed by atoms with Crippen molar-refractivity contribution in [2.75, 3.05) is 18.0 Å². The van der Waals surface area contributed by atoms with Crippen LogP contribution in [0.4, 0.5) is 10.1 Å². The molecule has 1 heterocycles. The van der Waals surface area contributed by atoms with Crippen molar-refractivity contribution in [3.63, 3.8) is 0 Å². The van der Waals surface area contributed by atoms with E-state index in [4.69, 9.17) is 5.11 Å². The van der Waals surface area contributed by atoms with E-state index >= 15 is 0 Å². The molecule has 2 rings (SSSR count). The Labute approximate surface area is 120 Å². The summed E-state index contributed by atoms with van der Waals surface area (Å²) in [7, 11) is 0. The van der Waals surface area contributed by atoms with Crippen molar-refractivity contribution in [3.05, 3.63) is 30.1 Å². The van der Waals surface area contributed by atoms with Crippen molar-refractivity contribution in [3.8, 4) is 0 Å². The molecular weight excluding hydrogens is 279 g/mol. The van der Waals surface area contributed by atoms with Crippen molar-refractivity contribution in [2.24, 2.45) is 0 Å². The summed E-state index contributed by atoms with van der Waals surface area (Å²) in [6, 6.07) is 5.55. The smallest absolute Gasteiger partial charge is 0.329 e. The number of carboxylic acid groups (broad SMARTS) is 1. The van der Waals surface area contributed by atoms with Crippen molar-refractivity contribution in [1.29, 1.82) is 0 Å². The van der Waals surface area contributed by atoms with Gasteiger partial charge in [-0.25, -0.2) is 9.18 Å². The lowest BCUT2D eigenvalue weighted by Crippen LogP contribution is -2.63. The number of carbonyl (C=O) groups excluding carboxylic acids is 2. The standard InChI is InChI=1S/C14H15FN2O4/c1-14(2,13(20)21)17-11(18)7-16(8-12(17)19)10-5-3-4-9(15)6-10/h3-6H,7-8H2,1-2H3,(H,20,21). The number of hydrogen-bond acceptors (Lipinski definition) is 4. The third-order valence-electron chi connectivity index (χ3n) is 3.41. The molecule has 1 aromatic carbocycles. The van der Waals surface area contributed by atoms with Gasteiger partial charge in [-0.1, -0.05) is 6.07 Å². The largest absolute Gasteiger partial charge is 0.480 e. The van der Waals surface area contributed by atoms with Gasteiger partial charge in [0, 0.05) is 5.69 Å². The summed E-state index contributed by atoms with van der Waals surface area (Å²) < 4.78 is 13.2. The van der Waals surface area contributed by atoms with E-state index in [0.717, 1.165) is 4.90 Å². The first-order chi connectivity index (χ1) is 9.73. The predicted octanol–water partition coefficient (Wildman–Crippen LogP) is 0.864. The number of rotatable bonds is 3. The van der Waals surface area contributed by atoms with E-state index in [-0.39, 0.29) is 13.1 Å². The average Bonchev–Trinajstić information content (AvgIpc) is 2.37. The normalized spacial score (nSPS) is 16.3. The molecule has 0 aliphatic carbocycles. The summed E-state index contributed by atoms with van der Waals surface area (Å²) in [5.41, 5.74) is -1.20. The molecule has 1 aliphatic heterocycles. The lowest BCUT2D eigenvalue weighted by molar-refractivity contribution is -0.164. The average molecular weight is 294 g/mol. The molecule has 0 atom stereocenters. The molecule has 2 amide bonds. The fraction of sp³-hybridized carbons (Fsp3) is 0.357. The number of carbonyl (C=O) groups is 3. The quantitative estimate of drug-likeness (QED) is 0.837. The highest BCUT2D eigenvalue weighted by molar-refractivity contribution is 6.06. The Balaban J connectivity index is 2.26. The fourth-order valence-corrected chi connectivity index (χ4v) is 2.24. The molecule has 1 saturated heterocycles. The fourth-order valence-electron chi connectivity index (χ4n) is 2.24. The summed E-state index contributed by atoms with van der Waals surface area (Å²) >= 11 is 0. The Kier molecular flexibility index (Phi) is 3.67. The number of anilines is 1. The Morgan fingerprint density at radius 2 is 1.81 bits per heavy atom. The van der Waals surface area contributed by atoms with Crippen LogP contribution in [-0.2, 0) is 14.4 Å². The summed E-state index contributed by atoms with van der Waals surface area (Å²) in [6.45, 7) is 2.24. The Morgan fingerprint density at radius 3 is 2.29 bits per heavy atom. The van der Waals surface area contributed by atoms with E-state index in [1.807, 2.05) is 0 Å². The number of piperazine rings is 1. The number of amides is 2. The first-order valence-electron chi connectivity index (χ1n) is 6.33. The third-order valence-corrected chi connectivity index (χ3v) is 3.41. The van der Waals surface area contributed by atoms with E-state index in [0.29, 0.717) is 5.69 Å². The molecule has 6 nitrogen and oxygen atoms in total. The molecule has 112 valence electrons. The first kappa shape index (κ1) is 15.0. The molecule has 1 N–H and O–H groups in total. The van der Waals surface area contributed by atoms with Crippen molar-refractivity contribution in [1.82, 2.24) is 4.90 Å². The van der Waals surface area contributed by atoms with Crippen LogP contribution in [0.5, 0.6) is 0 Å². The highest BCUT2D eigenvalue weighted by Gasteiger charge is 2.45. The summed E-state index contributed by atoms with van der Waals surface area (Å²) in [4.78, 5) is 37.6. The van der Waals surface area contributed by atoms with Crippen molar-refractivity contribution >= 4 is 23.5 Å². The van der Waals surface area contributed by atoms with Gasteiger partial charge < -0.3 is 10.0 Å². The zero-order valence-electron chi connectivity index (χ0n) is 11.7. The monoisotopic (exact) mass is 294 g/mol. The molecule has 0 saturated carbocycles. The first-order valence-corrected chi connectivity index (χ1v) is 6.33. The van der Waals surface area contributed by atoms with Crippen LogP contribution in [0.3, 0.4) is 0 Å². The van der Waals surface area contributed by atoms with E-state index in [1.54, 1.807) is 6.07 Å². The molecule has 0 spiro atoms. The van der Waals surface area contributed by atoms with E-state index < -0.39 is 29.1 Å². The van der Waals surface area contributed by atoms with Gasteiger partial charge in [-0.2, -0.15) is 0 Å². The van der Waals surface area contributed by atoms with Gasteiger partial charge in [-0.15, -0.1) is 0 Å². The number of aliphatic carboxylic acids is 1. The van der Waals surface area contributed by atoms with E-state index in [1.165, 1.54) is 36.9 Å². The minimum atomic E-state index is -1.61. The molecular formula is C14H15FN2O4. The Hall–Kier alpha value is -2.44. The maximum atomic E-state index is 13.2. The van der Waals surface area contributed by atoms with E-state index in [2.05, 4.69) is 0 Å². The van der Waals surface area contributed by atoms with Crippen LogP contribution in [0.2, 0.25) is 0 Å². The lowest BCUT2D eigenvalue weighted by Gasteiger charge is -2.40. The summed E-state index contributed by atoms with van der Waals surface area (Å²) in [5.74, 6) is -2.98. The predicted molar refractivity (Wildman–Crippen MR) is 72.2 cm³/mol. The van der Waals surface area contributed by atoms with Crippen molar-refractivity contribution in [2.45, 2.75) is 19.4 Å². The van der Waals surface area contributed by atoms with Gasteiger partial charge in [0.15, 0.2) is 0 Å². The molecule has 0 unspecified atom stereocenters. The number of halogens is 1. The Bertz CT molecular complexity index is 597. The van der Waals surface area contributed by atoms with Crippen molar-refractivity contribution < 1.29 is 23.9 Å². The van der Waals surface area contributed by atoms with Crippen LogP contribution in [-0.4, -0.2) is 46.4 Å². The topological polar surface area (TPSA) is 77.9 Å². The third kappa shape index (κ3) is 2.72. The van der Waals surface area contributed by atoms with Crippen LogP contribution >= 0.6 is 0 Å². The maximum Gasteiger partial charge on any atom is 0.329 e. The highest BCUT2D eigenvalue weighted by Crippen LogP contribution is 2.23. The van der Waals surface area contributed by atoms with Gasteiger partial charge in [0.1, 0.15) is 11.4 Å². The second kappa shape index (κ2) is 5.16. The SMILES string of the molecule is CC(C)(C(=O)O)N1C(=O)CN(c2cccc(F)c2)CC1=O. The molecule has 0 bridgehead atoms. The summed E-state index contributed by atoms with van der Waals surface area (Å²) in [5, 5.41) is 9.14. The maximum absolute atomic E-state index is 13.2.